The Balaban J connectivity index is 2.19. The van der Waals surface area contributed by atoms with E-state index in [0.29, 0.717) is 5.92 Å². The monoisotopic (exact) mass is 321 g/mol. The molecule has 0 saturated carbocycles. The second-order valence-electron chi connectivity index (χ2n) is 6.72. The number of rotatable bonds is 6. The largest absolute Gasteiger partial charge is 0.342 e. The van der Waals surface area contributed by atoms with Crippen LogP contribution in [0.2, 0.25) is 0 Å². The van der Waals surface area contributed by atoms with Crippen LogP contribution in [0.3, 0.4) is 0 Å². The van der Waals surface area contributed by atoms with Crippen molar-refractivity contribution < 1.29 is 4.79 Å². The van der Waals surface area contributed by atoms with Crippen LogP contribution in [0.4, 0.5) is 0 Å². The van der Waals surface area contributed by atoms with E-state index >= 15 is 0 Å². The van der Waals surface area contributed by atoms with Crippen LogP contribution in [0.5, 0.6) is 0 Å². The molecule has 0 aromatic heterocycles. The molecule has 0 N–H and O–H groups in total. The Morgan fingerprint density at radius 3 is 1.96 bits per heavy atom. The fourth-order valence-electron chi connectivity index (χ4n) is 4.23. The van der Waals surface area contributed by atoms with Crippen LogP contribution in [0.25, 0.3) is 0 Å². The van der Waals surface area contributed by atoms with E-state index in [2.05, 4.69) is 62.4 Å². The lowest BCUT2D eigenvalue weighted by Gasteiger charge is -2.34. The topological polar surface area (TPSA) is 20.3 Å². The molecule has 0 aliphatic carbocycles. The Morgan fingerprint density at radius 1 is 0.958 bits per heavy atom. The fraction of sp³-hybridized carbons (Fsp3) is 0.409. The molecule has 2 aromatic carbocycles. The minimum Gasteiger partial charge on any atom is -0.342 e. The van der Waals surface area contributed by atoms with Gasteiger partial charge in [-0.05, 0) is 30.4 Å². The van der Waals surface area contributed by atoms with Gasteiger partial charge in [-0.2, -0.15) is 0 Å². The zero-order valence-electron chi connectivity index (χ0n) is 14.7. The Hall–Kier alpha value is -2.09. The summed E-state index contributed by atoms with van der Waals surface area (Å²) in [7, 11) is 0. The van der Waals surface area contributed by atoms with Crippen molar-refractivity contribution in [3.8, 4) is 0 Å². The van der Waals surface area contributed by atoms with Crippen LogP contribution in [-0.2, 0) is 10.2 Å². The second kappa shape index (κ2) is 7.21. The summed E-state index contributed by atoms with van der Waals surface area (Å²) >= 11 is 0. The van der Waals surface area contributed by atoms with Crippen molar-refractivity contribution in [3.63, 3.8) is 0 Å². The molecular weight excluding hydrogens is 294 g/mol. The average molecular weight is 321 g/mol. The molecule has 2 aromatic rings. The predicted octanol–water partition coefficient (Wildman–Crippen LogP) is 4.64. The van der Waals surface area contributed by atoms with Gasteiger partial charge < -0.3 is 4.90 Å². The van der Waals surface area contributed by atoms with Crippen molar-refractivity contribution >= 4 is 5.91 Å². The maximum Gasteiger partial charge on any atom is 0.238 e. The third-order valence-electron chi connectivity index (χ3n) is 5.42. The Kier molecular flexibility index (Phi) is 5.03. The quantitative estimate of drug-likeness (QED) is 0.759. The number of nitrogens with zero attached hydrogens (tertiary/aromatic N) is 1. The van der Waals surface area contributed by atoms with E-state index in [1.165, 1.54) is 0 Å². The van der Waals surface area contributed by atoms with Crippen molar-refractivity contribution in [2.75, 3.05) is 13.1 Å². The van der Waals surface area contributed by atoms with Crippen LogP contribution < -0.4 is 0 Å². The summed E-state index contributed by atoms with van der Waals surface area (Å²) in [5, 5.41) is 0. The van der Waals surface area contributed by atoms with Crippen molar-refractivity contribution in [2.45, 2.75) is 38.5 Å². The number of carbonyl (C=O) groups is 1. The first-order valence-corrected chi connectivity index (χ1v) is 9.15. The van der Waals surface area contributed by atoms with Crippen LogP contribution >= 0.6 is 0 Å². The van der Waals surface area contributed by atoms with E-state index in [1.54, 1.807) is 0 Å². The van der Waals surface area contributed by atoms with Crippen molar-refractivity contribution in [2.24, 2.45) is 5.92 Å². The van der Waals surface area contributed by atoms with Gasteiger partial charge in [0.15, 0.2) is 0 Å². The molecule has 0 radical (unpaired) electrons. The van der Waals surface area contributed by atoms with Crippen molar-refractivity contribution in [1.29, 1.82) is 0 Å². The second-order valence-corrected chi connectivity index (χ2v) is 6.72. The van der Waals surface area contributed by atoms with Gasteiger partial charge in [-0.25, -0.2) is 0 Å². The molecule has 1 saturated heterocycles. The van der Waals surface area contributed by atoms with E-state index in [9.17, 15) is 4.79 Å². The van der Waals surface area contributed by atoms with E-state index in [0.717, 1.165) is 43.5 Å². The number of unbranched alkanes of at least 4 members (excludes halogenated alkanes) is 1. The molecule has 0 bridgehead atoms. The Morgan fingerprint density at radius 2 is 1.50 bits per heavy atom. The summed E-state index contributed by atoms with van der Waals surface area (Å²) < 4.78 is 0. The first-order chi connectivity index (χ1) is 11.7. The zero-order chi connectivity index (χ0) is 17.0. The van der Waals surface area contributed by atoms with Gasteiger partial charge in [0.2, 0.25) is 5.91 Å². The number of hydrogen-bond donors (Lipinski definition) is 0. The van der Waals surface area contributed by atoms with E-state index < -0.39 is 5.41 Å². The molecule has 1 aliphatic rings. The van der Waals surface area contributed by atoms with Gasteiger partial charge in [-0.3, -0.25) is 4.79 Å². The summed E-state index contributed by atoms with van der Waals surface area (Å²) in [6, 6.07) is 20.8. The molecule has 1 aliphatic heterocycles. The molecule has 126 valence electrons. The van der Waals surface area contributed by atoms with Gasteiger partial charge in [0, 0.05) is 13.1 Å². The molecule has 1 fully saturated rings. The van der Waals surface area contributed by atoms with Crippen LogP contribution in [-0.4, -0.2) is 23.9 Å². The summed E-state index contributed by atoms with van der Waals surface area (Å²) in [5.41, 5.74) is 1.74. The zero-order valence-corrected chi connectivity index (χ0v) is 14.7. The smallest absolute Gasteiger partial charge is 0.238 e. The predicted molar refractivity (Wildman–Crippen MR) is 98.9 cm³/mol. The van der Waals surface area contributed by atoms with E-state index in [-0.39, 0.29) is 5.91 Å². The minimum atomic E-state index is -0.534. The van der Waals surface area contributed by atoms with Gasteiger partial charge in [-0.1, -0.05) is 80.4 Å². The fourth-order valence-corrected chi connectivity index (χ4v) is 4.23. The summed E-state index contributed by atoms with van der Waals surface area (Å²) in [5.74, 6) is 0.596. The Labute approximate surface area is 145 Å². The molecule has 2 heteroatoms. The summed E-state index contributed by atoms with van der Waals surface area (Å²) in [6.07, 6.45) is 3.41. The maximum absolute atomic E-state index is 13.6. The number of likely N-dealkylation sites (tertiary alicyclic amines) is 1. The normalized spacial score (nSPS) is 19.7. The average Bonchev–Trinajstić information content (AvgIpc) is 2.94. The lowest BCUT2D eigenvalue weighted by Crippen LogP contribution is -2.42. The van der Waals surface area contributed by atoms with Gasteiger partial charge in [-0.15, -0.1) is 0 Å². The molecule has 2 nitrogen and oxygen atoms in total. The molecule has 1 atom stereocenters. The SMILES string of the molecule is CCCCC1CN(CC)C(=O)C1(c1ccccc1)c1ccccc1. The molecule has 0 spiro atoms. The van der Waals surface area contributed by atoms with Gasteiger partial charge in [0.25, 0.3) is 0 Å². The van der Waals surface area contributed by atoms with Crippen LogP contribution in [0.1, 0.15) is 44.2 Å². The maximum atomic E-state index is 13.6. The highest BCUT2D eigenvalue weighted by Gasteiger charge is 2.55. The highest BCUT2D eigenvalue weighted by Crippen LogP contribution is 2.47. The molecule has 24 heavy (non-hydrogen) atoms. The number of carbonyl (C=O) groups excluding carboxylic acids is 1. The van der Waals surface area contributed by atoms with Crippen molar-refractivity contribution in [1.82, 2.24) is 4.90 Å². The van der Waals surface area contributed by atoms with E-state index in [1.807, 2.05) is 17.0 Å². The lowest BCUT2D eigenvalue weighted by atomic mass is 9.66. The van der Waals surface area contributed by atoms with E-state index in [4.69, 9.17) is 0 Å². The molecule has 1 heterocycles. The number of benzene rings is 2. The van der Waals surface area contributed by atoms with Crippen molar-refractivity contribution in [3.05, 3.63) is 71.8 Å². The standard InChI is InChI=1S/C22H27NO/c1-3-5-12-20-17-23(4-2)21(24)22(20,18-13-8-6-9-14-18)19-15-10-7-11-16-19/h6-11,13-16,20H,3-5,12,17H2,1-2H3. The Bertz CT molecular complexity index is 625. The molecular formula is C22H27NO. The van der Waals surface area contributed by atoms with Crippen LogP contribution in [0, 0.1) is 5.92 Å². The van der Waals surface area contributed by atoms with Gasteiger partial charge >= 0.3 is 0 Å². The minimum absolute atomic E-state index is 0.267. The summed E-state index contributed by atoms with van der Waals surface area (Å²) in [4.78, 5) is 15.6. The lowest BCUT2D eigenvalue weighted by molar-refractivity contribution is -0.131. The highest BCUT2D eigenvalue weighted by atomic mass is 16.2. The number of hydrogen-bond acceptors (Lipinski definition) is 1. The third kappa shape index (κ3) is 2.64. The summed E-state index contributed by atoms with van der Waals surface area (Å²) in [6.45, 7) is 5.95. The number of likely N-dealkylation sites (N-methyl/N-ethyl adjacent to an activating group) is 1. The third-order valence-corrected chi connectivity index (χ3v) is 5.42. The molecule has 3 rings (SSSR count). The first kappa shape index (κ1) is 16.8. The van der Waals surface area contributed by atoms with Gasteiger partial charge in [0.1, 0.15) is 5.41 Å². The number of amides is 1. The van der Waals surface area contributed by atoms with Gasteiger partial charge in [0.05, 0.1) is 0 Å². The highest BCUT2D eigenvalue weighted by molar-refractivity contribution is 5.94. The molecule has 1 unspecified atom stereocenters. The first-order valence-electron chi connectivity index (χ1n) is 9.15. The van der Waals surface area contributed by atoms with Crippen LogP contribution in [0.15, 0.2) is 60.7 Å². The molecule has 1 amide bonds.